The quantitative estimate of drug-likeness (QED) is 0.356. The van der Waals surface area contributed by atoms with Gasteiger partial charge in [-0.2, -0.15) is 9.80 Å². The lowest BCUT2D eigenvalue weighted by Gasteiger charge is -2.06. The molecule has 0 spiro atoms. The molecule has 0 aliphatic carbocycles. The van der Waals surface area contributed by atoms with Crippen LogP contribution in [-0.2, 0) is 16.4 Å². The highest BCUT2D eigenvalue weighted by Gasteiger charge is 2.20. The second-order valence-corrected chi connectivity index (χ2v) is 8.93. The molecular formula is C22H20N8O4S. The zero-order chi connectivity index (χ0) is 24.8. The molecule has 13 heteroatoms. The van der Waals surface area contributed by atoms with Gasteiger partial charge in [0.15, 0.2) is 5.69 Å². The van der Waals surface area contributed by atoms with Crippen molar-refractivity contribution in [1.29, 1.82) is 0 Å². The number of azo groups is 1. The Labute approximate surface area is 199 Å². The zero-order valence-electron chi connectivity index (χ0n) is 18.5. The molecule has 0 unspecified atom stereocenters. The van der Waals surface area contributed by atoms with E-state index in [0.717, 1.165) is 4.68 Å². The van der Waals surface area contributed by atoms with E-state index in [4.69, 9.17) is 0 Å². The molecule has 4 aromatic rings. The lowest BCUT2D eigenvalue weighted by molar-refractivity contribution is 0.0940. The number of nitrogens with one attached hydrogen (secondary N) is 2. The van der Waals surface area contributed by atoms with Crippen molar-refractivity contribution < 1.29 is 13.2 Å². The Kier molecular flexibility index (Phi) is 6.87. The van der Waals surface area contributed by atoms with Crippen molar-refractivity contribution in [1.82, 2.24) is 24.7 Å². The minimum atomic E-state index is -3.90. The summed E-state index contributed by atoms with van der Waals surface area (Å²) in [6, 6.07) is 10.3. The van der Waals surface area contributed by atoms with E-state index in [1.807, 2.05) is 6.92 Å². The number of H-pyrrole nitrogens is 1. The van der Waals surface area contributed by atoms with Gasteiger partial charge in [-0.05, 0) is 48.9 Å². The number of benzene rings is 1. The van der Waals surface area contributed by atoms with Gasteiger partial charge in [-0.25, -0.2) is 23.1 Å². The van der Waals surface area contributed by atoms with E-state index >= 15 is 0 Å². The van der Waals surface area contributed by atoms with Crippen LogP contribution in [0.15, 0.2) is 87.2 Å². The normalized spacial score (nSPS) is 11.6. The predicted octanol–water partition coefficient (Wildman–Crippen LogP) is 3.22. The summed E-state index contributed by atoms with van der Waals surface area (Å²) in [7, 11) is -3.90. The summed E-state index contributed by atoms with van der Waals surface area (Å²) in [6.45, 7) is 1.92. The van der Waals surface area contributed by atoms with Crippen molar-refractivity contribution in [3.05, 3.63) is 88.9 Å². The highest BCUT2D eigenvalue weighted by molar-refractivity contribution is 7.92. The Bertz CT molecular complexity index is 1510. The first-order valence-electron chi connectivity index (χ1n) is 10.5. The third kappa shape index (κ3) is 5.35. The van der Waals surface area contributed by atoms with Crippen LogP contribution in [0.1, 0.15) is 29.4 Å². The number of carbonyl (C=O) groups is 1. The van der Waals surface area contributed by atoms with Gasteiger partial charge in [-0.15, -0.1) is 5.11 Å². The molecule has 0 bridgehead atoms. The molecular weight excluding hydrogens is 472 g/mol. The molecule has 35 heavy (non-hydrogen) atoms. The highest BCUT2D eigenvalue weighted by atomic mass is 32.2. The molecule has 0 fully saturated rings. The van der Waals surface area contributed by atoms with Gasteiger partial charge in [-0.3, -0.25) is 19.7 Å². The molecule has 0 aliphatic heterocycles. The number of aromatic amines is 1. The first-order valence-corrected chi connectivity index (χ1v) is 12.0. The van der Waals surface area contributed by atoms with Gasteiger partial charge >= 0.3 is 5.56 Å². The Balaban J connectivity index is 1.58. The number of hydrogen-bond donors (Lipinski definition) is 2. The van der Waals surface area contributed by atoms with Crippen molar-refractivity contribution in [2.75, 3.05) is 4.72 Å². The summed E-state index contributed by atoms with van der Waals surface area (Å²) in [4.78, 5) is 37.2. The van der Waals surface area contributed by atoms with Crippen molar-refractivity contribution in [2.24, 2.45) is 10.2 Å². The van der Waals surface area contributed by atoms with Crippen LogP contribution < -0.4 is 10.3 Å². The maximum atomic E-state index is 12.9. The van der Waals surface area contributed by atoms with Gasteiger partial charge in [0.05, 0.1) is 21.8 Å². The topological polar surface area (TPSA) is 164 Å². The van der Waals surface area contributed by atoms with Crippen LogP contribution in [0.3, 0.4) is 0 Å². The molecule has 0 saturated heterocycles. The van der Waals surface area contributed by atoms with Crippen molar-refractivity contribution in [3.8, 4) is 0 Å². The Morgan fingerprint density at radius 1 is 1.06 bits per heavy atom. The van der Waals surface area contributed by atoms with E-state index in [-0.39, 0.29) is 22.1 Å². The van der Waals surface area contributed by atoms with Gasteiger partial charge in [-0.1, -0.05) is 13.3 Å². The summed E-state index contributed by atoms with van der Waals surface area (Å²) in [5.74, 6) is -0.615. The first kappa shape index (κ1) is 23.6. The monoisotopic (exact) mass is 492 g/mol. The fourth-order valence-corrected chi connectivity index (χ4v) is 4.05. The fourth-order valence-electron chi connectivity index (χ4n) is 3.09. The lowest BCUT2D eigenvalue weighted by Crippen LogP contribution is -2.25. The number of sulfonamides is 1. The zero-order valence-corrected chi connectivity index (χ0v) is 19.3. The summed E-state index contributed by atoms with van der Waals surface area (Å²) < 4.78 is 28.2. The van der Waals surface area contributed by atoms with Crippen LogP contribution in [0.2, 0.25) is 0 Å². The smallest absolute Gasteiger partial charge is 0.290 e. The summed E-state index contributed by atoms with van der Waals surface area (Å²) in [5, 5.41) is 10.9. The van der Waals surface area contributed by atoms with Crippen LogP contribution in [0, 0.1) is 0 Å². The Hall–Kier alpha value is -4.52. The number of aryl methyl sites for hydroxylation is 1. The maximum absolute atomic E-state index is 12.9. The average molecular weight is 493 g/mol. The largest absolute Gasteiger partial charge is 0.302 e. The number of pyridine rings is 1. The van der Waals surface area contributed by atoms with Crippen LogP contribution in [0.25, 0.3) is 0 Å². The SMILES string of the molecule is CCCc1[nH]n(C(=O)c2cccnc2)c(=O)c1N=Nc1ccc(S(=O)(=O)Nc2ncccn2)cc1. The van der Waals surface area contributed by atoms with Gasteiger partial charge in [0.25, 0.3) is 15.9 Å². The first-order chi connectivity index (χ1) is 16.9. The van der Waals surface area contributed by atoms with Crippen LogP contribution >= 0.6 is 0 Å². The summed E-state index contributed by atoms with van der Waals surface area (Å²) in [5.41, 5.74) is 0.382. The number of rotatable bonds is 8. The summed E-state index contributed by atoms with van der Waals surface area (Å²) >= 11 is 0. The molecule has 0 amide bonds. The van der Waals surface area contributed by atoms with Crippen LogP contribution in [0.4, 0.5) is 17.3 Å². The van der Waals surface area contributed by atoms with E-state index in [9.17, 15) is 18.0 Å². The van der Waals surface area contributed by atoms with Gasteiger partial charge in [0.2, 0.25) is 5.95 Å². The molecule has 4 rings (SSSR count). The van der Waals surface area contributed by atoms with Gasteiger partial charge in [0.1, 0.15) is 0 Å². The Morgan fingerprint density at radius 2 is 1.80 bits per heavy atom. The molecule has 3 aromatic heterocycles. The van der Waals surface area contributed by atoms with E-state index in [1.54, 1.807) is 18.2 Å². The minimum absolute atomic E-state index is 0.00341. The number of anilines is 1. The number of carbonyl (C=O) groups excluding carboxylic acids is 1. The predicted molar refractivity (Wildman–Crippen MR) is 126 cm³/mol. The third-order valence-electron chi connectivity index (χ3n) is 4.75. The number of hydrogen-bond acceptors (Lipinski definition) is 9. The standard InChI is InChI=1S/C22H20N8O4S/c1-2-5-18-19(21(32)30(28-18)20(31)15-6-3-11-23-14-15)27-26-16-7-9-17(10-8-16)35(33,34)29-22-24-12-4-13-25-22/h3-4,6-14,28H,2,5H2,1H3,(H,24,25,29). The maximum Gasteiger partial charge on any atom is 0.302 e. The molecule has 12 nitrogen and oxygen atoms in total. The molecule has 0 aliphatic rings. The Morgan fingerprint density at radius 3 is 2.46 bits per heavy atom. The molecule has 178 valence electrons. The molecule has 0 saturated carbocycles. The second kappa shape index (κ2) is 10.2. The van der Waals surface area contributed by atoms with E-state index < -0.39 is 21.5 Å². The van der Waals surface area contributed by atoms with Crippen molar-refractivity contribution in [3.63, 3.8) is 0 Å². The molecule has 3 heterocycles. The van der Waals surface area contributed by atoms with E-state index in [0.29, 0.717) is 24.2 Å². The second-order valence-electron chi connectivity index (χ2n) is 7.25. The van der Waals surface area contributed by atoms with Crippen LogP contribution in [0.5, 0.6) is 0 Å². The number of aromatic nitrogens is 5. The van der Waals surface area contributed by atoms with Gasteiger partial charge in [0, 0.05) is 24.8 Å². The molecule has 0 atom stereocenters. The highest BCUT2D eigenvalue weighted by Crippen LogP contribution is 2.22. The average Bonchev–Trinajstić information content (AvgIpc) is 3.18. The summed E-state index contributed by atoms with van der Waals surface area (Å²) in [6.07, 6.45) is 6.90. The molecule has 0 radical (unpaired) electrons. The van der Waals surface area contributed by atoms with E-state index in [1.165, 1.54) is 49.1 Å². The van der Waals surface area contributed by atoms with Crippen LogP contribution in [-0.4, -0.2) is 39.1 Å². The van der Waals surface area contributed by atoms with Crippen molar-refractivity contribution >= 4 is 33.3 Å². The van der Waals surface area contributed by atoms with E-state index in [2.05, 4.69) is 35.0 Å². The minimum Gasteiger partial charge on any atom is -0.290 e. The van der Waals surface area contributed by atoms with Crippen molar-refractivity contribution in [2.45, 2.75) is 24.7 Å². The molecule has 1 aromatic carbocycles. The lowest BCUT2D eigenvalue weighted by atomic mass is 10.2. The van der Waals surface area contributed by atoms with Gasteiger partial charge < -0.3 is 0 Å². The third-order valence-corrected chi connectivity index (χ3v) is 6.10. The number of nitrogens with zero attached hydrogens (tertiary/aromatic N) is 6. The fraction of sp³-hybridized carbons (Fsp3) is 0.136. The molecule has 2 N–H and O–H groups in total.